The Morgan fingerprint density at radius 1 is 1.09 bits per heavy atom. The number of aliphatic hydroxyl groups excluding tert-OH is 1. The zero-order valence-corrected chi connectivity index (χ0v) is 18.8. The molecule has 2 N–H and O–H groups in total. The van der Waals surface area contributed by atoms with Crippen molar-refractivity contribution < 1.29 is 19.7 Å². The van der Waals surface area contributed by atoms with E-state index in [0.717, 1.165) is 53.0 Å². The summed E-state index contributed by atoms with van der Waals surface area (Å²) < 4.78 is 6.18. The van der Waals surface area contributed by atoms with Crippen molar-refractivity contribution in [1.29, 1.82) is 0 Å². The van der Waals surface area contributed by atoms with Crippen molar-refractivity contribution in [2.75, 3.05) is 4.90 Å². The third-order valence-electron chi connectivity index (χ3n) is 6.95. The van der Waals surface area contributed by atoms with Crippen LogP contribution in [0.2, 0.25) is 0 Å². The van der Waals surface area contributed by atoms with Gasteiger partial charge in [0.25, 0.3) is 0 Å². The van der Waals surface area contributed by atoms with E-state index in [1.165, 1.54) is 11.1 Å². The summed E-state index contributed by atoms with van der Waals surface area (Å²) in [6.07, 6.45) is 2.41. The van der Waals surface area contributed by atoms with E-state index in [1.807, 2.05) is 41.3 Å². The maximum absolute atomic E-state index is 11.2. The van der Waals surface area contributed by atoms with E-state index in [1.54, 1.807) is 0 Å². The summed E-state index contributed by atoms with van der Waals surface area (Å²) in [7, 11) is 0. The highest BCUT2D eigenvalue weighted by Crippen LogP contribution is 2.39. The minimum atomic E-state index is -0.743. The lowest BCUT2D eigenvalue weighted by atomic mass is 9.81. The molecule has 2 unspecified atom stereocenters. The van der Waals surface area contributed by atoms with Crippen molar-refractivity contribution >= 4 is 11.7 Å². The molecule has 0 radical (unpaired) electrons. The largest absolute Gasteiger partial charge is 0.489 e. The average molecular weight is 444 g/mol. The van der Waals surface area contributed by atoms with Gasteiger partial charge in [0.1, 0.15) is 12.4 Å². The Morgan fingerprint density at radius 2 is 1.91 bits per heavy atom. The summed E-state index contributed by atoms with van der Waals surface area (Å²) in [4.78, 5) is 13.2. The Bertz CT molecular complexity index is 1170. The Hall–Kier alpha value is -3.31. The smallest absolute Gasteiger partial charge is 0.303 e. The molecule has 0 bridgehead atoms. The number of rotatable bonds is 6. The second-order valence-electron chi connectivity index (χ2n) is 9.16. The zero-order chi connectivity index (χ0) is 22.9. The molecule has 2 aliphatic rings. The number of hydrogen-bond donors (Lipinski definition) is 2. The van der Waals surface area contributed by atoms with Crippen molar-refractivity contribution in [2.45, 2.75) is 57.9 Å². The molecule has 5 heteroatoms. The number of aliphatic carboxylic acids is 1. The maximum Gasteiger partial charge on any atom is 0.303 e. The van der Waals surface area contributed by atoms with E-state index in [2.05, 4.69) is 31.2 Å². The molecule has 5 rings (SSSR count). The SMILES string of the molecule is Cc1ccc(N2Cc3c(COc4ccc5c(c4)CCCC5CC(=O)O)cccc3C2O)cc1. The molecular weight excluding hydrogens is 414 g/mol. The van der Waals surface area contributed by atoms with Gasteiger partial charge < -0.3 is 19.8 Å². The lowest BCUT2D eigenvalue weighted by Gasteiger charge is -2.25. The van der Waals surface area contributed by atoms with Crippen molar-refractivity contribution in [3.05, 3.63) is 94.0 Å². The lowest BCUT2D eigenvalue weighted by molar-refractivity contribution is -0.137. The molecule has 2 atom stereocenters. The Balaban J connectivity index is 1.32. The Labute approximate surface area is 194 Å². The number of fused-ring (bicyclic) bond motifs is 2. The number of carboxylic acid groups (broad SMARTS) is 1. The Morgan fingerprint density at radius 3 is 2.70 bits per heavy atom. The second-order valence-corrected chi connectivity index (χ2v) is 9.16. The summed E-state index contributed by atoms with van der Waals surface area (Å²) in [5.41, 5.74) is 7.66. The molecule has 0 spiro atoms. The fourth-order valence-electron chi connectivity index (χ4n) is 5.18. The van der Waals surface area contributed by atoms with E-state index in [-0.39, 0.29) is 12.3 Å². The molecule has 1 aliphatic heterocycles. The molecule has 0 fully saturated rings. The van der Waals surface area contributed by atoms with E-state index in [9.17, 15) is 15.0 Å². The van der Waals surface area contributed by atoms with Crippen molar-refractivity contribution in [3.8, 4) is 5.75 Å². The van der Waals surface area contributed by atoms with Crippen molar-refractivity contribution in [1.82, 2.24) is 0 Å². The average Bonchev–Trinajstić information content (AvgIpc) is 3.15. The summed E-state index contributed by atoms with van der Waals surface area (Å²) in [5, 5.41) is 20.1. The number of aliphatic hydroxyl groups is 1. The van der Waals surface area contributed by atoms with E-state index in [4.69, 9.17) is 4.74 Å². The van der Waals surface area contributed by atoms with Crippen LogP contribution in [0.15, 0.2) is 60.7 Å². The van der Waals surface area contributed by atoms with Crippen LogP contribution < -0.4 is 9.64 Å². The van der Waals surface area contributed by atoms with Gasteiger partial charge in [0.2, 0.25) is 0 Å². The molecule has 3 aromatic rings. The van der Waals surface area contributed by atoms with Gasteiger partial charge in [-0.15, -0.1) is 0 Å². The van der Waals surface area contributed by atoms with Crippen molar-refractivity contribution in [2.24, 2.45) is 0 Å². The molecule has 0 saturated heterocycles. The molecular formula is C28H29NO4. The predicted octanol–water partition coefficient (Wildman–Crippen LogP) is 5.48. The number of aryl methyl sites for hydroxylation is 2. The third-order valence-corrected chi connectivity index (χ3v) is 6.95. The highest BCUT2D eigenvalue weighted by Gasteiger charge is 2.30. The van der Waals surface area contributed by atoms with Crippen LogP contribution in [0.4, 0.5) is 5.69 Å². The van der Waals surface area contributed by atoms with Crippen LogP contribution in [0.3, 0.4) is 0 Å². The fraction of sp³-hybridized carbons (Fsp3) is 0.321. The maximum atomic E-state index is 11.2. The first-order chi connectivity index (χ1) is 16.0. The molecule has 0 saturated carbocycles. The molecule has 0 aromatic heterocycles. The standard InChI is InChI=1S/C28H29NO4/c1-18-8-10-22(11-9-18)29-16-26-21(6-3-7-25(26)28(29)32)17-33-23-12-13-24-19(14-23)4-2-5-20(24)15-27(30)31/h3,6-14,20,28,32H,2,4-5,15-17H2,1H3,(H,30,31). The highest BCUT2D eigenvalue weighted by atomic mass is 16.5. The van der Waals surface area contributed by atoms with Crippen molar-refractivity contribution in [3.63, 3.8) is 0 Å². The highest BCUT2D eigenvalue weighted by molar-refractivity contribution is 5.68. The van der Waals surface area contributed by atoms with Crippen LogP contribution in [0.25, 0.3) is 0 Å². The first-order valence-electron chi connectivity index (χ1n) is 11.6. The van der Waals surface area contributed by atoms with Gasteiger partial charge in [-0.2, -0.15) is 0 Å². The van der Waals surface area contributed by atoms with Crippen LogP contribution in [0.1, 0.15) is 64.8 Å². The van der Waals surface area contributed by atoms with Gasteiger partial charge in [-0.05, 0) is 78.6 Å². The molecule has 1 heterocycles. The predicted molar refractivity (Wildman–Crippen MR) is 127 cm³/mol. The summed E-state index contributed by atoms with van der Waals surface area (Å²) >= 11 is 0. The van der Waals surface area contributed by atoms with Gasteiger partial charge in [-0.25, -0.2) is 0 Å². The quantitative estimate of drug-likeness (QED) is 0.528. The Kier molecular flexibility index (Phi) is 5.81. The van der Waals surface area contributed by atoms with Crippen LogP contribution in [0, 0.1) is 6.92 Å². The molecule has 1 aliphatic carbocycles. The number of ether oxygens (including phenoxy) is 1. The fourth-order valence-corrected chi connectivity index (χ4v) is 5.18. The van der Waals surface area contributed by atoms with Crippen LogP contribution >= 0.6 is 0 Å². The molecule has 170 valence electrons. The first-order valence-corrected chi connectivity index (χ1v) is 11.6. The van der Waals surface area contributed by atoms with Crippen LogP contribution in [-0.2, 0) is 24.4 Å². The van der Waals surface area contributed by atoms with Gasteiger partial charge in [0.15, 0.2) is 6.23 Å². The van der Waals surface area contributed by atoms with Gasteiger partial charge in [0, 0.05) is 17.8 Å². The van der Waals surface area contributed by atoms with Gasteiger partial charge in [-0.3, -0.25) is 4.79 Å². The summed E-state index contributed by atoms with van der Waals surface area (Å²) in [5.74, 6) is 0.149. The minimum absolute atomic E-state index is 0.0898. The van der Waals surface area contributed by atoms with E-state index in [0.29, 0.717) is 13.2 Å². The lowest BCUT2D eigenvalue weighted by Crippen LogP contribution is -2.20. The molecule has 3 aromatic carbocycles. The monoisotopic (exact) mass is 443 g/mol. The van der Waals surface area contributed by atoms with Crippen LogP contribution in [0.5, 0.6) is 5.75 Å². The number of carboxylic acids is 1. The topological polar surface area (TPSA) is 70.0 Å². The summed E-state index contributed by atoms with van der Waals surface area (Å²) in [6.45, 7) is 3.12. The van der Waals surface area contributed by atoms with Gasteiger partial charge in [-0.1, -0.05) is 42.0 Å². The summed E-state index contributed by atoms with van der Waals surface area (Å²) in [6, 6.07) is 20.3. The number of benzene rings is 3. The van der Waals surface area contributed by atoms with Gasteiger partial charge in [0.05, 0.1) is 6.42 Å². The second kappa shape index (κ2) is 8.91. The molecule has 33 heavy (non-hydrogen) atoms. The number of hydrogen-bond acceptors (Lipinski definition) is 4. The minimum Gasteiger partial charge on any atom is -0.489 e. The van der Waals surface area contributed by atoms with Gasteiger partial charge >= 0.3 is 5.97 Å². The first kappa shape index (κ1) is 21.5. The zero-order valence-electron chi connectivity index (χ0n) is 18.8. The number of carbonyl (C=O) groups is 1. The van der Waals surface area contributed by atoms with Crippen LogP contribution in [-0.4, -0.2) is 16.2 Å². The molecule has 5 nitrogen and oxygen atoms in total. The normalized spacial score (nSPS) is 19.2. The third kappa shape index (κ3) is 4.33. The number of nitrogens with zero attached hydrogens (tertiary/aromatic N) is 1. The molecule has 0 amide bonds. The van der Waals surface area contributed by atoms with E-state index >= 15 is 0 Å². The van der Waals surface area contributed by atoms with E-state index < -0.39 is 12.2 Å². The number of anilines is 1.